The summed E-state index contributed by atoms with van der Waals surface area (Å²) >= 11 is 1.93. The van der Waals surface area contributed by atoms with Crippen LogP contribution in [0, 0.1) is 11.3 Å². The maximum absolute atomic E-state index is 8.52. The van der Waals surface area contributed by atoms with Crippen LogP contribution in [0.5, 0.6) is 0 Å². The Kier molecular flexibility index (Phi) is 5.72. The number of rotatable bonds is 6. The van der Waals surface area contributed by atoms with Crippen molar-refractivity contribution < 1.29 is 0 Å². The fourth-order valence-corrected chi connectivity index (χ4v) is 1.78. The van der Waals surface area contributed by atoms with Crippen LogP contribution in [-0.2, 0) is 6.42 Å². The molecule has 15 heavy (non-hydrogen) atoms. The van der Waals surface area contributed by atoms with E-state index in [9.17, 15) is 0 Å². The van der Waals surface area contributed by atoms with Crippen LogP contribution < -0.4 is 5.32 Å². The van der Waals surface area contributed by atoms with Gasteiger partial charge < -0.3 is 5.32 Å². The predicted octanol–water partition coefficient (Wildman–Crippen LogP) is 2.92. The Morgan fingerprint density at radius 1 is 1.33 bits per heavy atom. The van der Waals surface area contributed by atoms with E-state index in [1.807, 2.05) is 36.0 Å². The highest BCUT2D eigenvalue weighted by Gasteiger charge is 1.93. The van der Waals surface area contributed by atoms with Crippen molar-refractivity contribution in [1.29, 1.82) is 5.26 Å². The van der Waals surface area contributed by atoms with E-state index in [1.165, 1.54) is 5.75 Å². The summed E-state index contributed by atoms with van der Waals surface area (Å²) in [4.78, 5) is 0. The molecule has 0 saturated carbocycles. The third-order valence-corrected chi connectivity index (χ3v) is 2.92. The molecule has 1 rings (SSSR count). The van der Waals surface area contributed by atoms with Crippen LogP contribution in [0.25, 0.3) is 0 Å². The zero-order chi connectivity index (χ0) is 10.9. The maximum Gasteiger partial charge on any atom is 0.0669 e. The largest absolute Gasteiger partial charge is 0.384 e. The summed E-state index contributed by atoms with van der Waals surface area (Å²) in [5.74, 6) is 2.30. The van der Waals surface area contributed by atoms with Gasteiger partial charge in [-0.05, 0) is 23.4 Å². The van der Waals surface area contributed by atoms with Crippen molar-refractivity contribution in [2.75, 3.05) is 23.4 Å². The van der Waals surface area contributed by atoms with E-state index in [-0.39, 0.29) is 0 Å². The Hall–Kier alpha value is -1.14. The number of nitriles is 1. The zero-order valence-corrected chi connectivity index (χ0v) is 9.81. The van der Waals surface area contributed by atoms with Gasteiger partial charge in [-0.3, -0.25) is 0 Å². The molecule has 0 spiro atoms. The summed E-state index contributed by atoms with van der Waals surface area (Å²) < 4.78 is 0. The number of benzene rings is 1. The Bertz CT molecular complexity index is 313. The van der Waals surface area contributed by atoms with Crippen molar-refractivity contribution in [3.05, 3.63) is 29.8 Å². The van der Waals surface area contributed by atoms with Gasteiger partial charge in [-0.2, -0.15) is 17.0 Å². The second kappa shape index (κ2) is 7.19. The highest BCUT2D eigenvalue weighted by atomic mass is 32.2. The number of hydrogen-bond donors (Lipinski definition) is 1. The number of thioether (sulfide) groups is 1. The van der Waals surface area contributed by atoms with Gasteiger partial charge in [0.2, 0.25) is 0 Å². The standard InChI is InChI=1S/C12H16N2S/c1-2-15-10-9-14-12-5-3-11(4-6-12)7-8-13/h3-6,14H,2,7,9-10H2,1H3. The van der Waals surface area contributed by atoms with Gasteiger partial charge in [0.15, 0.2) is 0 Å². The Morgan fingerprint density at radius 2 is 2.07 bits per heavy atom. The molecule has 0 atom stereocenters. The molecule has 0 saturated heterocycles. The van der Waals surface area contributed by atoms with Crippen molar-refractivity contribution in [2.24, 2.45) is 0 Å². The molecule has 0 heterocycles. The van der Waals surface area contributed by atoms with Gasteiger partial charge in [-0.25, -0.2) is 0 Å². The van der Waals surface area contributed by atoms with Crippen LogP contribution in [0.4, 0.5) is 5.69 Å². The molecule has 0 aliphatic carbocycles. The molecule has 3 heteroatoms. The molecule has 0 aliphatic rings. The molecule has 0 radical (unpaired) electrons. The van der Waals surface area contributed by atoms with Gasteiger partial charge in [0, 0.05) is 18.0 Å². The lowest BCUT2D eigenvalue weighted by molar-refractivity contribution is 1.21. The van der Waals surface area contributed by atoms with Crippen molar-refractivity contribution in [3.63, 3.8) is 0 Å². The van der Waals surface area contributed by atoms with Gasteiger partial charge in [0.05, 0.1) is 12.5 Å². The van der Waals surface area contributed by atoms with E-state index in [4.69, 9.17) is 5.26 Å². The topological polar surface area (TPSA) is 35.8 Å². The average molecular weight is 220 g/mol. The van der Waals surface area contributed by atoms with Crippen LogP contribution in [0.1, 0.15) is 12.5 Å². The minimum absolute atomic E-state index is 0.492. The Morgan fingerprint density at radius 3 is 2.67 bits per heavy atom. The minimum atomic E-state index is 0.492. The van der Waals surface area contributed by atoms with E-state index in [1.54, 1.807) is 0 Å². The third kappa shape index (κ3) is 4.75. The van der Waals surface area contributed by atoms with E-state index in [0.717, 1.165) is 23.5 Å². The van der Waals surface area contributed by atoms with Crippen molar-refractivity contribution in [2.45, 2.75) is 13.3 Å². The maximum atomic E-state index is 8.52. The lowest BCUT2D eigenvalue weighted by Crippen LogP contribution is -2.03. The molecule has 2 nitrogen and oxygen atoms in total. The summed E-state index contributed by atoms with van der Waals surface area (Å²) in [6.45, 7) is 3.16. The van der Waals surface area contributed by atoms with E-state index >= 15 is 0 Å². The molecule has 0 aliphatic heterocycles. The van der Waals surface area contributed by atoms with Gasteiger partial charge in [0.1, 0.15) is 0 Å². The molecule has 1 N–H and O–H groups in total. The Balaban J connectivity index is 2.33. The Labute approximate surface area is 95.7 Å². The fourth-order valence-electron chi connectivity index (χ4n) is 1.24. The monoisotopic (exact) mass is 220 g/mol. The first-order valence-corrected chi connectivity index (χ1v) is 6.29. The van der Waals surface area contributed by atoms with E-state index < -0.39 is 0 Å². The SMILES string of the molecule is CCSCCNc1ccc(CC#N)cc1. The molecule has 0 amide bonds. The second-order valence-corrected chi connectivity index (χ2v) is 4.55. The van der Waals surface area contributed by atoms with Gasteiger partial charge in [-0.1, -0.05) is 19.1 Å². The summed E-state index contributed by atoms with van der Waals surface area (Å²) in [5.41, 5.74) is 2.21. The second-order valence-electron chi connectivity index (χ2n) is 3.16. The van der Waals surface area contributed by atoms with Crippen LogP contribution >= 0.6 is 11.8 Å². The molecule has 1 aromatic carbocycles. The highest BCUT2D eigenvalue weighted by molar-refractivity contribution is 7.99. The van der Waals surface area contributed by atoms with E-state index in [0.29, 0.717) is 6.42 Å². The van der Waals surface area contributed by atoms with Gasteiger partial charge in [0.25, 0.3) is 0 Å². The van der Waals surface area contributed by atoms with Crippen LogP contribution in [0.15, 0.2) is 24.3 Å². The van der Waals surface area contributed by atoms with Crippen molar-refractivity contribution in [3.8, 4) is 6.07 Å². The first kappa shape index (κ1) is 11.9. The lowest BCUT2D eigenvalue weighted by atomic mass is 10.1. The zero-order valence-electron chi connectivity index (χ0n) is 8.99. The average Bonchev–Trinajstić information content (AvgIpc) is 2.27. The molecule has 0 bridgehead atoms. The van der Waals surface area contributed by atoms with Crippen LogP contribution in [0.3, 0.4) is 0 Å². The van der Waals surface area contributed by atoms with Gasteiger partial charge in [-0.15, -0.1) is 0 Å². The number of hydrogen-bond acceptors (Lipinski definition) is 3. The molecule has 0 aromatic heterocycles. The molecule has 80 valence electrons. The summed E-state index contributed by atoms with van der Waals surface area (Å²) in [6, 6.07) is 10.2. The lowest BCUT2D eigenvalue weighted by Gasteiger charge is -2.05. The summed E-state index contributed by atoms with van der Waals surface area (Å²) in [5, 5.41) is 11.9. The molecule has 1 aromatic rings. The van der Waals surface area contributed by atoms with Crippen molar-refractivity contribution >= 4 is 17.4 Å². The highest BCUT2D eigenvalue weighted by Crippen LogP contribution is 2.10. The predicted molar refractivity (Wildman–Crippen MR) is 67.2 cm³/mol. The number of nitrogens with zero attached hydrogens (tertiary/aromatic N) is 1. The summed E-state index contributed by atoms with van der Waals surface area (Å²) in [7, 11) is 0. The normalized spacial score (nSPS) is 9.60. The van der Waals surface area contributed by atoms with E-state index in [2.05, 4.69) is 18.3 Å². The van der Waals surface area contributed by atoms with Gasteiger partial charge >= 0.3 is 0 Å². The molecule has 0 unspecified atom stereocenters. The fraction of sp³-hybridized carbons (Fsp3) is 0.417. The van der Waals surface area contributed by atoms with Crippen LogP contribution in [0.2, 0.25) is 0 Å². The van der Waals surface area contributed by atoms with Crippen LogP contribution in [-0.4, -0.2) is 18.1 Å². The molecule has 0 fully saturated rings. The first-order chi connectivity index (χ1) is 7.36. The molecular weight excluding hydrogens is 204 g/mol. The molecular formula is C12H16N2S. The number of nitrogens with one attached hydrogen (secondary N) is 1. The first-order valence-electron chi connectivity index (χ1n) is 5.14. The number of anilines is 1. The third-order valence-electron chi connectivity index (χ3n) is 2.02. The summed E-state index contributed by atoms with van der Waals surface area (Å²) in [6.07, 6.45) is 0.492. The van der Waals surface area contributed by atoms with Crippen molar-refractivity contribution in [1.82, 2.24) is 0 Å². The minimum Gasteiger partial charge on any atom is -0.384 e. The quantitative estimate of drug-likeness (QED) is 0.749. The smallest absolute Gasteiger partial charge is 0.0669 e.